The molecule has 0 radical (unpaired) electrons. The largest absolute Gasteiger partial charge is 0.370 e. The zero-order valence-corrected chi connectivity index (χ0v) is 10.9. The number of pyridine rings is 1. The molecule has 0 atom stereocenters. The van der Waals surface area contributed by atoms with Crippen LogP contribution in [0.4, 0.5) is 10.1 Å². The van der Waals surface area contributed by atoms with Gasteiger partial charge in [-0.2, -0.15) is 4.39 Å². The lowest BCUT2D eigenvalue weighted by atomic mass is 9.86. The van der Waals surface area contributed by atoms with E-state index in [1.807, 2.05) is 6.92 Å². The molecule has 1 aromatic heterocycles. The van der Waals surface area contributed by atoms with Crippen molar-refractivity contribution in [2.24, 2.45) is 11.8 Å². The molecular weight excluding hydrogens is 215 g/mol. The molecule has 0 bridgehead atoms. The average molecular weight is 236 g/mol. The fourth-order valence-electron chi connectivity index (χ4n) is 2.65. The number of hydrogen-bond acceptors (Lipinski definition) is 2. The topological polar surface area (TPSA) is 16.1 Å². The molecule has 0 aromatic carbocycles. The zero-order valence-electron chi connectivity index (χ0n) is 10.9. The summed E-state index contributed by atoms with van der Waals surface area (Å²) in [5, 5.41) is 0. The van der Waals surface area contributed by atoms with E-state index in [4.69, 9.17) is 0 Å². The highest BCUT2D eigenvalue weighted by Crippen LogP contribution is 2.29. The van der Waals surface area contributed by atoms with Gasteiger partial charge in [0.1, 0.15) is 0 Å². The molecule has 2 rings (SSSR count). The molecule has 94 valence electrons. The molecule has 0 unspecified atom stereocenters. The van der Waals surface area contributed by atoms with Gasteiger partial charge in [-0.25, -0.2) is 4.98 Å². The van der Waals surface area contributed by atoms with Gasteiger partial charge in [0, 0.05) is 13.1 Å². The molecule has 0 saturated carbocycles. The normalized spacial score (nSPS) is 17.8. The fourth-order valence-corrected chi connectivity index (χ4v) is 2.65. The van der Waals surface area contributed by atoms with Crippen molar-refractivity contribution in [2.75, 3.05) is 18.0 Å². The quantitative estimate of drug-likeness (QED) is 0.732. The predicted molar refractivity (Wildman–Crippen MR) is 68.7 cm³/mol. The second-order valence-electron chi connectivity index (χ2n) is 5.36. The lowest BCUT2D eigenvalue weighted by Crippen LogP contribution is -2.35. The molecule has 0 N–H and O–H groups in total. The standard InChI is InChI=1S/C14H21FN2/c1-10(2)12-4-6-17(7-5-12)13-9-16-14(15)8-11(13)3/h8-10,12H,4-7H2,1-3H3. The van der Waals surface area contributed by atoms with E-state index in [0.717, 1.165) is 36.2 Å². The summed E-state index contributed by atoms with van der Waals surface area (Å²) >= 11 is 0. The highest BCUT2D eigenvalue weighted by molar-refractivity contribution is 5.51. The first kappa shape index (κ1) is 12.3. The minimum absolute atomic E-state index is 0.386. The monoisotopic (exact) mass is 236 g/mol. The van der Waals surface area contributed by atoms with Gasteiger partial charge in [0.05, 0.1) is 11.9 Å². The van der Waals surface area contributed by atoms with Crippen molar-refractivity contribution < 1.29 is 4.39 Å². The first-order valence-electron chi connectivity index (χ1n) is 6.45. The third kappa shape index (κ3) is 2.76. The number of aryl methyl sites for hydroxylation is 1. The second-order valence-corrected chi connectivity index (χ2v) is 5.36. The molecule has 2 heterocycles. The molecule has 1 fully saturated rings. The lowest BCUT2D eigenvalue weighted by molar-refractivity contribution is 0.311. The Hall–Kier alpha value is -1.12. The molecule has 2 nitrogen and oxygen atoms in total. The summed E-state index contributed by atoms with van der Waals surface area (Å²) in [6, 6.07) is 1.52. The molecule has 1 aliphatic heterocycles. The van der Waals surface area contributed by atoms with Crippen molar-refractivity contribution in [3.8, 4) is 0 Å². The van der Waals surface area contributed by atoms with Crippen LogP contribution in [0.5, 0.6) is 0 Å². The summed E-state index contributed by atoms with van der Waals surface area (Å²) in [6.45, 7) is 8.68. The molecule has 1 aromatic rings. The van der Waals surface area contributed by atoms with Crippen LogP contribution in [0.2, 0.25) is 0 Å². The zero-order chi connectivity index (χ0) is 12.4. The summed E-state index contributed by atoms with van der Waals surface area (Å²) in [7, 11) is 0. The van der Waals surface area contributed by atoms with Gasteiger partial charge < -0.3 is 4.90 Å². The highest BCUT2D eigenvalue weighted by Gasteiger charge is 2.22. The van der Waals surface area contributed by atoms with Crippen molar-refractivity contribution in [3.05, 3.63) is 23.8 Å². The maximum atomic E-state index is 13.0. The summed E-state index contributed by atoms with van der Waals surface area (Å²) < 4.78 is 13.0. The van der Waals surface area contributed by atoms with Crippen molar-refractivity contribution >= 4 is 5.69 Å². The van der Waals surface area contributed by atoms with E-state index in [-0.39, 0.29) is 5.95 Å². The molecule has 0 spiro atoms. The number of hydrogen-bond donors (Lipinski definition) is 0. The van der Waals surface area contributed by atoms with Crippen LogP contribution in [-0.2, 0) is 0 Å². The Bertz CT molecular complexity index is 382. The minimum atomic E-state index is -0.386. The van der Waals surface area contributed by atoms with E-state index in [0.29, 0.717) is 0 Å². The second kappa shape index (κ2) is 5.03. The molecule has 17 heavy (non-hydrogen) atoms. The van der Waals surface area contributed by atoms with Gasteiger partial charge in [0.25, 0.3) is 0 Å². The first-order chi connectivity index (χ1) is 8.08. The van der Waals surface area contributed by atoms with Crippen molar-refractivity contribution in [3.63, 3.8) is 0 Å². The van der Waals surface area contributed by atoms with Gasteiger partial charge in [-0.1, -0.05) is 13.8 Å². The number of rotatable bonds is 2. The van der Waals surface area contributed by atoms with Gasteiger partial charge >= 0.3 is 0 Å². The van der Waals surface area contributed by atoms with E-state index >= 15 is 0 Å². The van der Waals surface area contributed by atoms with Gasteiger partial charge in [-0.15, -0.1) is 0 Å². The van der Waals surface area contributed by atoms with E-state index in [1.54, 1.807) is 6.20 Å². The number of aromatic nitrogens is 1. The van der Waals surface area contributed by atoms with Crippen LogP contribution in [-0.4, -0.2) is 18.1 Å². The molecule has 1 saturated heterocycles. The third-order valence-electron chi connectivity index (χ3n) is 3.87. The lowest BCUT2D eigenvalue weighted by Gasteiger charge is -2.35. The summed E-state index contributed by atoms with van der Waals surface area (Å²) in [5.41, 5.74) is 2.08. The maximum absolute atomic E-state index is 13.0. The Balaban J connectivity index is 2.05. The molecular formula is C14H21FN2. The Morgan fingerprint density at radius 1 is 1.35 bits per heavy atom. The highest BCUT2D eigenvalue weighted by atomic mass is 19.1. The molecule has 0 aliphatic carbocycles. The van der Waals surface area contributed by atoms with Gasteiger partial charge in [-0.05, 0) is 43.2 Å². The van der Waals surface area contributed by atoms with Crippen LogP contribution in [0, 0.1) is 24.7 Å². The number of nitrogens with zero attached hydrogens (tertiary/aromatic N) is 2. The van der Waals surface area contributed by atoms with Crippen LogP contribution >= 0.6 is 0 Å². The van der Waals surface area contributed by atoms with Crippen LogP contribution in [0.3, 0.4) is 0 Å². The van der Waals surface area contributed by atoms with Crippen LogP contribution in [0.1, 0.15) is 32.3 Å². The number of anilines is 1. The summed E-state index contributed by atoms with van der Waals surface area (Å²) in [4.78, 5) is 6.09. The van der Waals surface area contributed by atoms with Gasteiger partial charge in [-0.3, -0.25) is 0 Å². The predicted octanol–water partition coefficient (Wildman–Crippen LogP) is 3.40. The summed E-state index contributed by atoms with van der Waals surface area (Å²) in [5.74, 6) is 1.22. The third-order valence-corrected chi connectivity index (χ3v) is 3.87. The van der Waals surface area contributed by atoms with Crippen molar-refractivity contribution in [2.45, 2.75) is 33.6 Å². The van der Waals surface area contributed by atoms with E-state index in [9.17, 15) is 4.39 Å². The molecule has 1 aliphatic rings. The Kier molecular flexibility index (Phi) is 3.65. The van der Waals surface area contributed by atoms with Crippen LogP contribution in [0.25, 0.3) is 0 Å². The Labute approximate surface area is 103 Å². The average Bonchev–Trinajstić information content (AvgIpc) is 2.29. The van der Waals surface area contributed by atoms with E-state index in [1.165, 1.54) is 18.9 Å². The maximum Gasteiger partial charge on any atom is 0.213 e. The van der Waals surface area contributed by atoms with Crippen molar-refractivity contribution in [1.29, 1.82) is 0 Å². The van der Waals surface area contributed by atoms with E-state index in [2.05, 4.69) is 23.7 Å². The smallest absolute Gasteiger partial charge is 0.213 e. The number of halogens is 1. The molecule has 0 amide bonds. The van der Waals surface area contributed by atoms with Gasteiger partial charge in [0.2, 0.25) is 5.95 Å². The van der Waals surface area contributed by atoms with Crippen molar-refractivity contribution in [1.82, 2.24) is 4.98 Å². The first-order valence-corrected chi connectivity index (χ1v) is 6.45. The SMILES string of the molecule is Cc1cc(F)ncc1N1CCC(C(C)C)CC1. The van der Waals surface area contributed by atoms with Gasteiger partial charge in [0.15, 0.2) is 0 Å². The van der Waals surface area contributed by atoms with Crippen LogP contribution in [0.15, 0.2) is 12.3 Å². The Morgan fingerprint density at radius 2 is 2.00 bits per heavy atom. The minimum Gasteiger partial charge on any atom is -0.370 e. The summed E-state index contributed by atoms with van der Waals surface area (Å²) in [6.07, 6.45) is 4.13. The fraction of sp³-hybridized carbons (Fsp3) is 0.643. The number of piperidine rings is 1. The Morgan fingerprint density at radius 3 is 2.53 bits per heavy atom. The van der Waals surface area contributed by atoms with E-state index < -0.39 is 0 Å². The van der Waals surface area contributed by atoms with Crippen LogP contribution < -0.4 is 4.90 Å². The molecule has 3 heteroatoms.